The van der Waals surface area contributed by atoms with Gasteiger partial charge in [0.1, 0.15) is 12.4 Å². The summed E-state index contributed by atoms with van der Waals surface area (Å²) < 4.78 is 16.0. The van der Waals surface area contributed by atoms with E-state index in [1.54, 1.807) is 24.5 Å². The Morgan fingerprint density at radius 2 is 2.35 bits per heavy atom. The SMILES string of the molecule is CC(Nc1cnn(CC(N)=O)c1)c1cc(Br)ccc1F. The van der Waals surface area contributed by atoms with E-state index in [2.05, 4.69) is 26.3 Å². The van der Waals surface area contributed by atoms with Crippen molar-refractivity contribution in [1.82, 2.24) is 9.78 Å². The van der Waals surface area contributed by atoms with Crippen molar-refractivity contribution in [3.63, 3.8) is 0 Å². The van der Waals surface area contributed by atoms with E-state index in [1.807, 2.05) is 6.92 Å². The number of hydrogen-bond acceptors (Lipinski definition) is 3. The zero-order valence-corrected chi connectivity index (χ0v) is 12.4. The molecule has 0 fully saturated rings. The van der Waals surface area contributed by atoms with E-state index in [9.17, 15) is 9.18 Å². The number of nitrogens with two attached hydrogens (primary N) is 1. The van der Waals surface area contributed by atoms with E-state index in [1.165, 1.54) is 10.7 Å². The molecule has 1 aromatic heterocycles. The fraction of sp³-hybridized carbons (Fsp3) is 0.231. The zero-order chi connectivity index (χ0) is 14.7. The van der Waals surface area contributed by atoms with Crippen molar-refractivity contribution in [2.45, 2.75) is 19.5 Å². The summed E-state index contributed by atoms with van der Waals surface area (Å²) in [7, 11) is 0. The Hall–Kier alpha value is -1.89. The fourth-order valence-electron chi connectivity index (χ4n) is 1.86. The summed E-state index contributed by atoms with van der Waals surface area (Å²) in [6.07, 6.45) is 3.21. The molecular formula is C13H14BrFN4O. The van der Waals surface area contributed by atoms with E-state index in [-0.39, 0.29) is 18.4 Å². The molecule has 1 amide bonds. The largest absolute Gasteiger partial charge is 0.376 e. The van der Waals surface area contributed by atoms with Gasteiger partial charge in [0.15, 0.2) is 0 Å². The molecule has 2 aromatic rings. The second kappa shape index (κ2) is 6.04. The normalized spacial score (nSPS) is 12.2. The number of primary amides is 1. The predicted octanol–water partition coefficient (Wildman–Crippen LogP) is 2.44. The van der Waals surface area contributed by atoms with Crippen LogP contribution in [0.2, 0.25) is 0 Å². The third-order valence-corrected chi connectivity index (χ3v) is 3.25. The molecule has 0 bridgehead atoms. The molecule has 0 aliphatic carbocycles. The van der Waals surface area contributed by atoms with Crippen LogP contribution in [0.15, 0.2) is 35.1 Å². The number of carbonyl (C=O) groups excluding carboxylic acids is 1. The highest BCUT2D eigenvalue weighted by Crippen LogP contribution is 2.24. The van der Waals surface area contributed by atoms with Gasteiger partial charge in [-0.05, 0) is 25.1 Å². The number of amides is 1. The van der Waals surface area contributed by atoms with Crippen LogP contribution in [0, 0.1) is 5.82 Å². The quantitative estimate of drug-likeness (QED) is 0.877. The van der Waals surface area contributed by atoms with Crippen LogP contribution >= 0.6 is 15.9 Å². The standard InChI is InChI=1S/C13H14BrFN4O/c1-8(11-4-9(14)2-3-12(11)15)18-10-5-17-19(6-10)7-13(16)20/h2-6,8,18H,7H2,1H3,(H2,16,20). The predicted molar refractivity (Wildman–Crippen MR) is 77.6 cm³/mol. The lowest BCUT2D eigenvalue weighted by atomic mass is 10.1. The van der Waals surface area contributed by atoms with Gasteiger partial charge in [-0.1, -0.05) is 15.9 Å². The Balaban J connectivity index is 2.11. The molecule has 1 unspecified atom stereocenters. The first-order valence-corrected chi connectivity index (χ1v) is 6.77. The Labute approximate surface area is 124 Å². The number of anilines is 1. The van der Waals surface area contributed by atoms with Crippen LogP contribution in [0.25, 0.3) is 0 Å². The average molecular weight is 341 g/mol. The molecule has 1 aromatic carbocycles. The van der Waals surface area contributed by atoms with Crippen molar-refractivity contribution in [1.29, 1.82) is 0 Å². The van der Waals surface area contributed by atoms with Gasteiger partial charge >= 0.3 is 0 Å². The number of nitrogens with zero attached hydrogens (tertiary/aromatic N) is 2. The highest BCUT2D eigenvalue weighted by Gasteiger charge is 2.12. The van der Waals surface area contributed by atoms with Crippen LogP contribution in [0.1, 0.15) is 18.5 Å². The van der Waals surface area contributed by atoms with Gasteiger partial charge in [0.25, 0.3) is 0 Å². The molecule has 5 nitrogen and oxygen atoms in total. The number of aromatic nitrogens is 2. The average Bonchev–Trinajstić information content (AvgIpc) is 2.78. The molecule has 0 saturated carbocycles. The first-order chi connectivity index (χ1) is 9.45. The summed E-state index contributed by atoms with van der Waals surface area (Å²) in [6.45, 7) is 1.86. The van der Waals surface area contributed by atoms with Gasteiger partial charge in [-0.25, -0.2) is 4.39 Å². The molecule has 0 aliphatic rings. The van der Waals surface area contributed by atoms with Crippen molar-refractivity contribution in [2.75, 3.05) is 5.32 Å². The number of carbonyl (C=O) groups is 1. The van der Waals surface area contributed by atoms with Gasteiger partial charge < -0.3 is 11.1 Å². The molecule has 106 valence electrons. The fourth-order valence-corrected chi connectivity index (χ4v) is 2.24. The number of rotatable bonds is 5. The molecule has 0 spiro atoms. The summed E-state index contributed by atoms with van der Waals surface area (Å²) in [5, 5.41) is 7.12. The molecular weight excluding hydrogens is 327 g/mol. The smallest absolute Gasteiger partial charge is 0.239 e. The summed E-state index contributed by atoms with van der Waals surface area (Å²) in [5.74, 6) is -0.747. The lowest BCUT2D eigenvalue weighted by molar-refractivity contribution is -0.118. The summed E-state index contributed by atoms with van der Waals surface area (Å²) in [5.41, 5.74) is 6.32. The molecule has 2 rings (SSSR count). The topological polar surface area (TPSA) is 72.9 Å². The molecule has 1 atom stereocenters. The third kappa shape index (κ3) is 3.57. The minimum Gasteiger partial charge on any atom is -0.376 e. The molecule has 7 heteroatoms. The third-order valence-electron chi connectivity index (χ3n) is 2.76. The van der Waals surface area contributed by atoms with Crippen molar-refractivity contribution < 1.29 is 9.18 Å². The maximum atomic E-state index is 13.8. The summed E-state index contributed by atoms with van der Waals surface area (Å²) in [6, 6.07) is 4.55. The van der Waals surface area contributed by atoms with Crippen LogP contribution in [0.5, 0.6) is 0 Å². The first-order valence-electron chi connectivity index (χ1n) is 5.98. The highest BCUT2D eigenvalue weighted by molar-refractivity contribution is 9.10. The lowest BCUT2D eigenvalue weighted by Crippen LogP contribution is -2.18. The van der Waals surface area contributed by atoms with Gasteiger partial charge in [-0.3, -0.25) is 9.48 Å². The van der Waals surface area contributed by atoms with Crippen molar-refractivity contribution in [3.8, 4) is 0 Å². The van der Waals surface area contributed by atoms with Crippen LogP contribution in [-0.2, 0) is 11.3 Å². The van der Waals surface area contributed by atoms with E-state index in [0.29, 0.717) is 11.3 Å². The first kappa shape index (κ1) is 14.5. The van der Waals surface area contributed by atoms with E-state index >= 15 is 0 Å². The van der Waals surface area contributed by atoms with Crippen LogP contribution in [0.3, 0.4) is 0 Å². The monoisotopic (exact) mass is 340 g/mol. The minimum absolute atomic E-state index is 0.0152. The summed E-state index contributed by atoms with van der Waals surface area (Å²) >= 11 is 3.32. The van der Waals surface area contributed by atoms with E-state index in [4.69, 9.17) is 5.73 Å². The number of nitrogens with one attached hydrogen (secondary N) is 1. The summed E-state index contributed by atoms with van der Waals surface area (Å²) in [4.78, 5) is 10.8. The molecule has 1 heterocycles. The highest BCUT2D eigenvalue weighted by atomic mass is 79.9. The molecule has 20 heavy (non-hydrogen) atoms. The Morgan fingerprint density at radius 3 is 3.05 bits per heavy atom. The van der Waals surface area contributed by atoms with Gasteiger partial charge in [-0.2, -0.15) is 5.10 Å². The van der Waals surface area contributed by atoms with Gasteiger partial charge in [0.05, 0.1) is 17.9 Å². The minimum atomic E-state index is -0.467. The molecule has 0 saturated heterocycles. The van der Waals surface area contributed by atoms with Crippen LogP contribution in [0.4, 0.5) is 10.1 Å². The second-order valence-electron chi connectivity index (χ2n) is 4.42. The maximum absolute atomic E-state index is 13.8. The maximum Gasteiger partial charge on any atom is 0.239 e. The second-order valence-corrected chi connectivity index (χ2v) is 5.34. The lowest BCUT2D eigenvalue weighted by Gasteiger charge is -2.15. The molecule has 3 N–H and O–H groups in total. The molecule has 0 radical (unpaired) electrons. The molecule has 0 aliphatic heterocycles. The Bertz CT molecular complexity index is 629. The van der Waals surface area contributed by atoms with Crippen LogP contribution in [-0.4, -0.2) is 15.7 Å². The van der Waals surface area contributed by atoms with Crippen molar-refractivity contribution >= 4 is 27.5 Å². The number of benzene rings is 1. The van der Waals surface area contributed by atoms with Crippen molar-refractivity contribution in [2.24, 2.45) is 5.73 Å². The Morgan fingerprint density at radius 1 is 1.60 bits per heavy atom. The Kier molecular flexibility index (Phi) is 4.39. The number of hydrogen-bond donors (Lipinski definition) is 2. The van der Waals surface area contributed by atoms with Crippen LogP contribution < -0.4 is 11.1 Å². The van der Waals surface area contributed by atoms with Crippen molar-refractivity contribution in [3.05, 3.63) is 46.4 Å². The van der Waals surface area contributed by atoms with E-state index < -0.39 is 5.91 Å². The van der Waals surface area contributed by atoms with Gasteiger partial charge in [0.2, 0.25) is 5.91 Å². The number of halogens is 2. The van der Waals surface area contributed by atoms with Gasteiger partial charge in [-0.15, -0.1) is 0 Å². The van der Waals surface area contributed by atoms with Gasteiger partial charge in [0, 0.05) is 16.2 Å². The zero-order valence-electron chi connectivity index (χ0n) is 10.8. The van der Waals surface area contributed by atoms with E-state index in [0.717, 1.165) is 4.47 Å².